The second-order valence-electron chi connectivity index (χ2n) is 4.30. The van der Waals surface area contributed by atoms with E-state index in [4.69, 9.17) is 0 Å². The molecule has 0 amide bonds. The third-order valence-corrected chi connectivity index (χ3v) is 6.32. The van der Waals surface area contributed by atoms with Gasteiger partial charge in [0, 0.05) is 18.9 Å². The van der Waals surface area contributed by atoms with E-state index in [1.54, 1.807) is 0 Å². The van der Waals surface area contributed by atoms with E-state index in [2.05, 4.69) is 46.2 Å². The van der Waals surface area contributed by atoms with Gasteiger partial charge in [0.15, 0.2) is 0 Å². The molecule has 2 nitrogen and oxygen atoms in total. The standard InChI is InChI=1S/C12H20N2S2/c1-2-3-5-12(15-8-4-9-16-12)10-14-7-6-13-11-14/h6-7,11H,2-5,8-10H2,1H3. The Kier molecular flexibility index (Phi) is 4.65. The lowest BCUT2D eigenvalue weighted by Crippen LogP contribution is -2.30. The van der Waals surface area contributed by atoms with Gasteiger partial charge in [-0.15, -0.1) is 23.5 Å². The molecule has 0 bridgehead atoms. The quantitative estimate of drug-likeness (QED) is 0.801. The molecule has 0 unspecified atom stereocenters. The number of rotatable bonds is 5. The fraction of sp³-hybridized carbons (Fsp3) is 0.750. The smallest absolute Gasteiger partial charge is 0.0946 e. The summed E-state index contributed by atoms with van der Waals surface area (Å²) in [6.45, 7) is 3.39. The second-order valence-corrected chi connectivity index (χ2v) is 7.51. The van der Waals surface area contributed by atoms with Gasteiger partial charge in [-0.3, -0.25) is 0 Å². The zero-order valence-corrected chi connectivity index (χ0v) is 11.5. The van der Waals surface area contributed by atoms with E-state index in [0.29, 0.717) is 4.08 Å². The molecule has 1 saturated heterocycles. The van der Waals surface area contributed by atoms with E-state index in [0.717, 1.165) is 6.54 Å². The Labute approximate surface area is 107 Å². The molecule has 2 rings (SSSR count). The van der Waals surface area contributed by atoms with E-state index in [1.165, 1.54) is 37.2 Å². The molecular formula is C12H20N2S2. The summed E-state index contributed by atoms with van der Waals surface area (Å²) in [5.74, 6) is 2.65. The molecule has 90 valence electrons. The van der Waals surface area contributed by atoms with Crippen molar-refractivity contribution in [1.29, 1.82) is 0 Å². The zero-order chi connectivity index (χ0) is 11.3. The van der Waals surface area contributed by atoms with Gasteiger partial charge in [-0.1, -0.05) is 19.8 Å². The molecular weight excluding hydrogens is 236 g/mol. The van der Waals surface area contributed by atoms with Crippen molar-refractivity contribution < 1.29 is 0 Å². The fourth-order valence-electron chi connectivity index (χ4n) is 2.04. The van der Waals surface area contributed by atoms with Gasteiger partial charge in [-0.05, 0) is 24.3 Å². The summed E-state index contributed by atoms with van der Waals surface area (Å²) in [6, 6.07) is 0. The highest BCUT2D eigenvalue weighted by molar-refractivity contribution is 8.18. The predicted octanol–water partition coefficient (Wildman–Crippen LogP) is 3.64. The van der Waals surface area contributed by atoms with Crippen LogP contribution in [0.15, 0.2) is 18.7 Å². The van der Waals surface area contributed by atoms with Crippen molar-refractivity contribution in [3.05, 3.63) is 18.7 Å². The summed E-state index contributed by atoms with van der Waals surface area (Å²) in [4.78, 5) is 4.14. The molecule has 1 aliphatic heterocycles. The minimum Gasteiger partial charge on any atom is -0.335 e. The van der Waals surface area contributed by atoms with Gasteiger partial charge in [-0.2, -0.15) is 0 Å². The molecule has 0 spiro atoms. The molecule has 4 heteroatoms. The lowest BCUT2D eigenvalue weighted by molar-refractivity contribution is 0.561. The Hall–Kier alpha value is -0.0900. The normalized spacial score (nSPS) is 19.8. The van der Waals surface area contributed by atoms with Crippen LogP contribution in [0.5, 0.6) is 0 Å². The van der Waals surface area contributed by atoms with E-state index in [1.807, 2.05) is 12.5 Å². The molecule has 0 atom stereocenters. The van der Waals surface area contributed by atoms with Crippen molar-refractivity contribution in [3.63, 3.8) is 0 Å². The minimum absolute atomic E-state index is 0.412. The number of unbranched alkanes of at least 4 members (excludes halogenated alkanes) is 1. The van der Waals surface area contributed by atoms with Crippen LogP contribution in [-0.2, 0) is 6.54 Å². The van der Waals surface area contributed by atoms with Crippen molar-refractivity contribution in [2.45, 2.75) is 43.2 Å². The summed E-state index contributed by atoms with van der Waals surface area (Å²) < 4.78 is 2.65. The third-order valence-electron chi connectivity index (χ3n) is 2.91. The molecule has 0 radical (unpaired) electrons. The lowest BCUT2D eigenvalue weighted by atomic mass is 10.2. The average molecular weight is 256 g/mol. The predicted molar refractivity (Wildman–Crippen MR) is 74.0 cm³/mol. The molecule has 16 heavy (non-hydrogen) atoms. The fourth-order valence-corrected chi connectivity index (χ4v) is 5.43. The Morgan fingerprint density at radius 2 is 2.19 bits per heavy atom. The highest BCUT2D eigenvalue weighted by atomic mass is 32.2. The van der Waals surface area contributed by atoms with Crippen LogP contribution in [0.2, 0.25) is 0 Å². The Bertz CT molecular complexity index is 292. The van der Waals surface area contributed by atoms with Crippen molar-refractivity contribution >= 4 is 23.5 Å². The van der Waals surface area contributed by atoms with Crippen LogP contribution in [0.25, 0.3) is 0 Å². The summed E-state index contributed by atoms with van der Waals surface area (Å²) in [7, 11) is 0. The highest BCUT2D eigenvalue weighted by Crippen LogP contribution is 2.46. The molecule has 2 heterocycles. The van der Waals surface area contributed by atoms with E-state index in [-0.39, 0.29) is 0 Å². The minimum atomic E-state index is 0.412. The summed E-state index contributed by atoms with van der Waals surface area (Å²) in [5, 5.41) is 0. The van der Waals surface area contributed by atoms with Gasteiger partial charge in [0.1, 0.15) is 0 Å². The van der Waals surface area contributed by atoms with Crippen LogP contribution in [0, 0.1) is 0 Å². The number of aromatic nitrogens is 2. The molecule has 0 aliphatic carbocycles. The van der Waals surface area contributed by atoms with Gasteiger partial charge in [-0.25, -0.2) is 4.98 Å². The average Bonchev–Trinajstić information content (AvgIpc) is 2.80. The Morgan fingerprint density at radius 1 is 1.38 bits per heavy atom. The lowest BCUT2D eigenvalue weighted by Gasteiger charge is -2.36. The first kappa shape index (κ1) is 12.4. The summed E-state index contributed by atoms with van der Waals surface area (Å²) in [6.07, 6.45) is 11.3. The van der Waals surface area contributed by atoms with Gasteiger partial charge in [0.2, 0.25) is 0 Å². The maximum atomic E-state index is 4.14. The maximum absolute atomic E-state index is 4.14. The van der Waals surface area contributed by atoms with Crippen LogP contribution < -0.4 is 0 Å². The number of hydrogen-bond donors (Lipinski definition) is 0. The van der Waals surface area contributed by atoms with Crippen LogP contribution in [0.4, 0.5) is 0 Å². The monoisotopic (exact) mass is 256 g/mol. The van der Waals surface area contributed by atoms with E-state index >= 15 is 0 Å². The number of hydrogen-bond acceptors (Lipinski definition) is 3. The first-order valence-corrected chi connectivity index (χ1v) is 8.05. The van der Waals surface area contributed by atoms with Crippen LogP contribution in [0.3, 0.4) is 0 Å². The molecule has 1 fully saturated rings. The van der Waals surface area contributed by atoms with Gasteiger partial charge >= 0.3 is 0 Å². The number of thioether (sulfide) groups is 2. The van der Waals surface area contributed by atoms with Crippen molar-refractivity contribution in [1.82, 2.24) is 9.55 Å². The van der Waals surface area contributed by atoms with Crippen molar-refractivity contribution in [2.24, 2.45) is 0 Å². The van der Waals surface area contributed by atoms with Gasteiger partial charge in [0.05, 0.1) is 10.4 Å². The molecule has 1 aromatic rings. The number of nitrogens with zero attached hydrogens (tertiary/aromatic N) is 2. The van der Waals surface area contributed by atoms with Crippen LogP contribution in [-0.4, -0.2) is 25.1 Å². The topological polar surface area (TPSA) is 17.8 Å². The van der Waals surface area contributed by atoms with Crippen molar-refractivity contribution in [2.75, 3.05) is 11.5 Å². The van der Waals surface area contributed by atoms with E-state index in [9.17, 15) is 0 Å². The zero-order valence-electron chi connectivity index (χ0n) is 9.89. The summed E-state index contributed by atoms with van der Waals surface area (Å²) >= 11 is 4.33. The maximum Gasteiger partial charge on any atom is 0.0946 e. The molecule has 0 N–H and O–H groups in total. The molecule has 1 aliphatic rings. The third kappa shape index (κ3) is 3.20. The van der Waals surface area contributed by atoms with Gasteiger partial charge in [0.25, 0.3) is 0 Å². The van der Waals surface area contributed by atoms with Crippen LogP contribution in [0.1, 0.15) is 32.6 Å². The molecule has 0 saturated carbocycles. The number of imidazole rings is 1. The van der Waals surface area contributed by atoms with Crippen LogP contribution >= 0.6 is 23.5 Å². The van der Waals surface area contributed by atoms with Gasteiger partial charge < -0.3 is 4.57 Å². The highest BCUT2D eigenvalue weighted by Gasteiger charge is 2.33. The largest absolute Gasteiger partial charge is 0.335 e. The molecule has 1 aromatic heterocycles. The SMILES string of the molecule is CCCCC1(Cn2ccnc2)SCCCS1. The van der Waals surface area contributed by atoms with Crippen molar-refractivity contribution in [3.8, 4) is 0 Å². The summed E-state index contributed by atoms with van der Waals surface area (Å²) in [5.41, 5.74) is 0. The first-order valence-electron chi connectivity index (χ1n) is 6.08. The Morgan fingerprint density at radius 3 is 2.81 bits per heavy atom. The van der Waals surface area contributed by atoms with E-state index < -0.39 is 0 Å². The molecule has 0 aromatic carbocycles. The Balaban J connectivity index is 2.01. The second kappa shape index (κ2) is 6.01. The first-order chi connectivity index (χ1) is 7.85.